The van der Waals surface area contributed by atoms with Gasteiger partial charge < -0.3 is 4.74 Å². The molecule has 4 nitrogen and oxygen atoms in total. The number of thiocarbonyl (C=S) groups is 1. The number of esters is 1. The van der Waals surface area contributed by atoms with Crippen LogP contribution in [0.2, 0.25) is 0 Å². The lowest BCUT2D eigenvalue weighted by Gasteiger charge is -2.10. The molecule has 1 aliphatic heterocycles. The van der Waals surface area contributed by atoms with Crippen molar-refractivity contribution in [2.24, 2.45) is 0 Å². The number of amides is 1. The maximum absolute atomic E-state index is 12.3. The number of nitrogens with zero attached hydrogens (tertiary/aromatic N) is 1. The molecule has 6 heteroatoms. The van der Waals surface area contributed by atoms with Crippen LogP contribution in [-0.2, 0) is 4.79 Å². The van der Waals surface area contributed by atoms with Crippen LogP contribution >= 0.6 is 24.0 Å². The molecular formula is C21H17NO3S2. The van der Waals surface area contributed by atoms with Crippen molar-refractivity contribution in [2.75, 3.05) is 6.54 Å². The van der Waals surface area contributed by atoms with Gasteiger partial charge in [0.2, 0.25) is 0 Å². The smallest absolute Gasteiger partial charge is 0.343 e. The zero-order valence-electron chi connectivity index (χ0n) is 14.7. The lowest BCUT2D eigenvalue weighted by atomic mass is 10.1. The molecule has 3 rings (SSSR count). The highest BCUT2D eigenvalue weighted by molar-refractivity contribution is 8.26. The van der Waals surface area contributed by atoms with E-state index in [9.17, 15) is 9.59 Å². The molecule has 27 heavy (non-hydrogen) atoms. The molecule has 1 aliphatic rings. The van der Waals surface area contributed by atoms with Crippen molar-refractivity contribution in [3.63, 3.8) is 0 Å². The van der Waals surface area contributed by atoms with Gasteiger partial charge in [-0.2, -0.15) is 0 Å². The van der Waals surface area contributed by atoms with Crippen LogP contribution in [0.25, 0.3) is 6.08 Å². The summed E-state index contributed by atoms with van der Waals surface area (Å²) in [7, 11) is 0. The van der Waals surface area contributed by atoms with Crippen molar-refractivity contribution in [1.82, 2.24) is 4.90 Å². The topological polar surface area (TPSA) is 46.6 Å². The van der Waals surface area contributed by atoms with E-state index in [0.717, 1.165) is 11.1 Å². The fraction of sp³-hybridized carbons (Fsp3) is 0.0952. The molecule has 2 aromatic rings. The molecular weight excluding hydrogens is 378 g/mol. The van der Waals surface area contributed by atoms with E-state index >= 15 is 0 Å². The lowest BCUT2D eigenvalue weighted by molar-refractivity contribution is -0.121. The fourth-order valence-electron chi connectivity index (χ4n) is 2.51. The number of carbonyl (C=O) groups excluding carboxylic acids is 2. The zero-order chi connectivity index (χ0) is 19.4. The predicted octanol–water partition coefficient (Wildman–Crippen LogP) is 4.60. The molecule has 0 bridgehead atoms. The first-order valence-corrected chi connectivity index (χ1v) is 9.45. The number of hydrogen-bond acceptors (Lipinski definition) is 5. The molecule has 0 radical (unpaired) electrons. The molecule has 0 N–H and O–H groups in total. The van der Waals surface area contributed by atoms with E-state index in [1.165, 1.54) is 16.7 Å². The number of benzene rings is 2. The highest BCUT2D eigenvalue weighted by atomic mass is 32.2. The van der Waals surface area contributed by atoms with Crippen LogP contribution in [0.1, 0.15) is 21.5 Å². The van der Waals surface area contributed by atoms with E-state index in [2.05, 4.69) is 6.58 Å². The van der Waals surface area contributed by atoms with Crippen LogP contribution in [0.4, 0.5) is 0 Å². The second kappa shape index (κ2) is 8.33. The highest BCUT2D eigenvalue weighted by Crippen LogP contribution is 2.32. The first-order valence-electron chi connectivity index (χ1n) is 8.23. The molecule has 0 atom stereocenters. The van der Waals surface area contributed by atoms with E-state index in [1.54, 1.807) is 48.6 Å². The van der Waals surface area contributed by atoms with E-state index in [4.69, 9.17) is 17.0 Å². The number of hydrogen-bond donors (Lipinski definition) is 0. The molecule has 2 aromatic carbocycles. The predicted molar refractivity (Wildman–Crippen MR) is 113 cm³/mol. The molecule has 1 amide bonds. The summed E-state index contributed by atoms with van der Waals surface area (Å²) < 4.78 is 5.92. The quantitative estimate of drug-likeness (QED) is 0.243. The second-order valence-corrected chi connectivity index (χ2v) is 7.58. The number of rotatable bonds is 5. The largest absolute Gasteiger partial charge is 0.423 e. The fourth-order valence-corrected chi connectivity index (χ4v) is 3.78. The Morgan fingerprint density at radius 2 is 2.00 bits per heavy atom. The van der Waals surface area contributed by atoms with Gasteiger partial charge in [0.15, 0.2) is 0 Å². The molecule has 0 unspecified atom stereocenters. The summed E-state index contributed by atoms with van der Waals surface area (Å²) in [6.07, 6.45) is 3.42. The third-order valence-electron chi connectivity index (χ3n) is 3.83. The van der Waals surface area contributed by atoms with Gasteiger partial charge in [0.05, 0.1) is 10.5 Å². The van der Waals surface area contributed by atoms with Crippen molar-refractivity contribution >= 4 is 46.3 Å². The van der Waals surface area contributed by atoms with E-state index in [-0.39, 0.29) is 5.91 Å². The molecule has 0 aromatic heterocycles. The number of ether oxygens (including phenoxy) is 1. The Bertz CT molecular complexity index is 948. The van der Waals surface area contributed by atoms with Crippen LogP contribution in [0.5, 0.6) is 5.75 Å². The van der Waals surface area contributed by atoms with Crippen molar-refractivity contribution in [3.8, 4) is 5.75 Å². The van der Waals surface area contributed by atoms with Gasteiger partial charge >= 0.3 is 5.97 Å². The third kappa shape index (κ3) is 4.53. The maximum atomic E-state index is 12.3. The van der Waals surface area contributed by atoms with Crippen LogP contribution in [0.3, 0.4) is 0 Å². The molecule has 1 heterocycles. The summed E-state index contributed by atoms with van der Waals surface area (Å²) in [5.41, 5.74) is 2.32. The molecule has 0 spiro atoms. The Morgan fingerprint density at radius 1 is 1.26 bits per heavy atom. The first-order chi connectivity index (χ1) is 13.0. The first kappa shape index (κ1) is 19.1. The van der Waals surface area contributed by atoms with Crippen LogP contribution in [-0.4, -0.2) is 27.6 Å². The van der Waals surface area contributed by atoms with Gasteiger partial charge in [-0.3, -0.25) is 9.69 Å². The minimum Gasteiger partial charge on any atom is -0.423 e. The van der Waals surface area contributed by atoms with Gasteiger partial charge in [0, 0.05) is 6.54 Å². The summed E-state index contributed by atoms with van der Waals surface area (Å²) in [6.45, 7) is 5.96. The van der Waals surface area contributed by atoms with Crippen LogP contribution in [0.15, 0.2) is 66.1 Å². The average molecular weight is 396 g/mol. The summed E-state index contributed by atoms with van der Waals surface area (Å²) in [4.78, 5) is 26.6. The monoisotopic (exact) mass is 395 g/mol. The molecule has 1 saturated heterocycles. The summed E-state index contributed by atoms with van der Waals surface area (Å²) in [5.74, 6) is -0.0885. The maximum Gasteiger partial charge on any atom is 0.343 e. The standard InChI is InChI=1S/C21H17NO3S2/c1-3-11-22-19(23)18(27-21(22)26)13-15-7-9-17(10-8-15)25-20(24)16-6-4-5-14(2)12-16/h3-10,12-13H,1,11H2,2H3/b18-13+. The molecule has 0 saturated carbocycles. The van der Waals surface area contributed by atoms with Gasteiger partial charge in [-0.05, 0) is 42.8 Å². The van der Waals surface area contributed by atoms with Gasteiger partial charge in [0.1, 0.15) is 10.1 Å². The Kier molecular flexibility index (Phi) is 5.88. The third-order valence-corrected chi connectivity index (χ3v) is 5.21. The Labute approximate surface area is 167 Å². The van der Waals surface area contributed by atoms with E-state index in [1.807, 2.05) is 19.1 Å². The summed E-state index contributed by atoms with van der Waals surface area (Å²) >= 11 is 6.49. The Morgan fingerprint density at radius 3 is 2.67 bits per heavy atom. The Hall–Kier alpha value is -2.70. The highest BCUT2D eigenvalue weighted by Gasteiger charge is 2.30. The van der Waals surface area contributed by atoms with Crippen LogP contribution in [0, 0.1) is 6.92 Å². The van der Waals surface area contributed by atoms with E-state index in [0.29, 0.717) is 27.1 Å². The van der Waals surface area contributed by atoms with E-state index < -0.39 is 5.97 Å². The second-order valence-electron chi connectivity index (χ2n) is 5.91. The van der Waals surface area contributed by atoms with Crippen molar-refractivity contribution in [3.05, 3.63) is 82.8 Å². The minimum absolute atomic E-state index is 0.125. The summed E-state index contributed by atoms with van der Waals surface area (Å²) in [5, 5.41) is 0. The number of carbonyl (C=O) groups is 2. The SMILES string of the molecule is C=CCN1C(=O)/C(=C\c2ccc(OC(=O)c3cccc(C)c3)cc2)SC1=S. The average Bonchev–Trinajstić information content (AvgIpc) is 2.91. The molecule has 1 fully saturated rings. The van der Waals surface area contributed by atoms with Gasteiger partial charge in [-0.1, -0.05) is 59.9 Å². The lowest BCUT2D eigenvalue weighted by Crippen LogP contribution is -2.27. The normalized spacial score (nSPS) is 15.3. The van der Waals surface area contributed by atoms with Crippen LogP contribution < -0.4 is 4.74 Å². The number of aryl methyl sites for hydroxylation is 1. The molecule has 136 valence electrons. The van der Waals surface area contributed by atoms with Gasteiger partial charge in [-0.25, -0.2) is 4.79 Å². The number of thioether (sulfide) groups is 1. The molecule has 0 aliphatic carbocycles. The van der Waals surface area contributed by atoms with Crippen molar-refractivity contribution in [2.45, 2.75) is 6.92 Å². The zero-order valence-corrected chi connectivity index (χ0v) is 16.3. The van der Waals surface area contributed by atoms with Gasteiger partial charge in [-0.15, -0.1) is 6.58 Å². The summed E-state index contributed by atoms with van der Waals surface area (Å²) in [6, 6.07) is 14.2. The van der Waals surface area contributed by atoms with Crippen molar-refractivity contribution in [1.29, 1.82) is 0 Å². The Balaban J connectivity index is 1.70. The minimum atomic E-state index is -0.406. The van der Waals surface area contributed by atoms with Gasteiger partial charge in [0.25, 0.3) is 5.91 Å². The van der Waals surface area contributed by atoms with Crippen molar-refractivity contribution < 1.29 is 14.3 Å².